The molecule has 1 aromatic carbocycles. The van der Waals surface area contributed by atoms with Crippen molar-refractivity contribution in [3.05, 3.63) is 35.9 Å². The van der Waals surface area contributed by atoms with Crippen molar-refractivity contribution in [3.8, 4) is 0 Å². The van der Waals surface area contributed by atoms with Gasteiger partial charge in [0.2, 0.25) is 0 Å². The molecule has 2 aliphatic rings. The van der Waals surface area contributed by atoms with E-state index in [2.05, 4.69) is 5.32 Å². The second-order valence-electron chi connectivity index (χ2n) is 4.75. The molecule has 84 valence electrons. The molecule has 0 unspecified atom stereocenters. The van der Waals surface area contributed by atoms with Crippen molar-refractivity contribution in [2.24, 2.45) is 11.8 Å². The van der Waals surface area contributed by atoms with E-state index < -0.39 is 0 Å². The molecule has 2 saturated heterocycles. The fourth-order valence-electron chi connectivity index (χ4n) is 2.78. The maximum absolute atomic E-state index is 12.2. The standard InChI is InChI=1S/C13H16N2O/c16-13(10-4-2-1-3-5-10)15-8-11-6-14-7-12(11)9-15/h1-5,11-12,14H,6-9H2/t11-,12-/m0/s1. The summed E-state index contributed by atoms with van der Waals surface area (Å²) < 4.78 is 0. The summed E-state index contributed by atoms with van der Waals surface area (Å²) in [6.45, 7) is 3.99. The SMILES string of the molecule is O=C(c1ccccc1)N1C[C@@H]2CNC[C@H]2C1. The average molecular weight is 216 g/mol. The Morgan fingerprint density at radius 3 is 2.38 bits per heavy atom. The number of fused-ring (bicyclic) bond motifs is 1. The zero-order chi connectivity index (χ0) is 11.0. The van der Waals surface area contributed by atoms with Crippen LogP contribution in [0.2, 0.25) is 0 Å². The molecule has 2 heterocycles. The van der Waals surface area contributed by atoms with Crippen LogP contribution in [0, 0.1) is 11.8 Å². The van der Waals surface area contributed by atoms with Gasteiger partial charge in [-0.3, -0.25) is 4.79 Å². The van der Waals surface area contributed by atoms with Gasteiger partial charge in [0, 0.05) is 31.7 Å². The molecule has 1 aromatic rings. The number of carbonyl (C=O) groups excluding carboxylic acids is 1. The molecule has 0 spiro atoms. The highest BCUT2D eigenvalue weighted by Crippen LogP contribution is 2.27. The Morgan fingerprint density at radius 1 is 1.12 bits per heavy atom. The summed E-state index contributed by atoms with van der Waals surface area (Å²) in [6.07, 6.45) is 0. The molecule has 1 amide bonds. The molecule has 0 saturated carbocycles. The summed E-state index contributed by atoms with van der Waals surface area (Å²) >= 11 is 0. The minimum atomic E-state index is 0.190. The predicted molar refractivity (Wildman–Crippen MR) is 62.2 cm³/mol. The molecule has 3 heteroatoms. The van der Waals surface area contributed by atoms with Crippen LogP contribution >= 0.6 is 0 Å². The van der Waals surface area contributed by atoms with Crippen molar-refractivity contribution >= 4 is 5.91 Å². The fourth-order valence-corrected chi connectivity index (χ4v) is 2.78. The topological polar surface area (TPSA) is 32.3 Å². The van der Waals surface area contributed by atoms with Crippen molar-refractivity contribution in [3.63, 3.8) is 0 Å². The van der Waals surface area contributed by atoms with Crippen LogP contribution in [0.25, 0.3) is 0 Å². The molecule has 0 bridgehead atoms. The van der Waals surface area contributed by atoms with E-state index in [1.165, 1.54) is 0 Å². The maximum Gasteiger partial charge on any atom is 0.253 e. The third-order valence-electron chi connectivity index (χ3n) is 3.70. The van der Waals surface area contributed by atoms with E-state index in [-0.39, 0.29) is 5.91 Å². The summed E-state index contributed by atoms with van der Waals surface area (Å²) in [5.41, 5.74) is 0.815. The van der Waals surface area contributed by atoms with Crippen molar-refractivity contribution < 1.29 is 4.79 Å². The molecule has 1 N–H and O–H groups in total. The van der Waals surface area contributed by atoms with Gasteiger partial charge in [0.05, 0.1) is 0 Å². The normalized spacial score (nSPS) is 28.1. The first-order valence-electron chi connectivity index (χ1n) is 5.89. The second-order valence-corrected chi connectivity index (χ2v) is 4.75. The molecular formula is C13H16N2O. The molecule has 2 atom stereocenters. The van der Waals surface area contributed by atoms with E-state index in [0.717, 1.165) is 31.7 Å². The van der Waals surface area contributed by atoms with Gasteiger partial charge in [0.15, 0.2) is 0 Å². The zero-order valence-electron chi connectivity index (χ0n) is 9.23. The molecule has 0 radical (unpaired) electrons. The number of rotatable bonds is 1. The Hall–Kier alpha value is -1.35. The van der Waals surface area contributed by atoms with Gasteiger partial charge >= 0.3 is 0 Å². The van der Waals surface area contributed by atoms with Crippen molar-refractivity contribution in [2.75, 3.05) is 26.2 Å². The highest BCUT2D eigenvalue weighted by molar-refractivity contribution is 5.94. The Kier molecular flexibility index (Phi) is 2.40. The molecule has 0 aliphatic carbocycles. The van der Waals surface area contributed by atoms with Gasteiger partial charge in [0.25, 0.3) is 5.91 Å². The minimum absolute atomic E-state index is 0.190. The maximum atomic E-state index is 12.2. The van der Waals surface area contributed by atoms with Crippen molar-refractivity contribution in [2.45, 2.75) is 0 Å². The number of amides is 1. The van der Waals surface area contributed by atoms with Gasteiger partial charge in [-0.2, -0.15) is 0 Å². The van der Waals surface area contributed by atoms with Gasteiger partial charge in [-0.1, -0.05) is 18.2 Å². The quantitative estimate of drug-likeness (QED) is 0.759. The van der Waals surface area contributed by atoms with Crippen molar-refractivity contribution in [1.29, 1.82) is 0 Å². The molecule has 2 aliphatic heterocycles. The van der Waals surface area contributed by atoms with E-state index in [0.29, 0.717) is 11.8 Å². The van der Waals surface area contributed by atoms with Gasteiger partial charge in [-0.05, 0) is 24.0 Å². The summed E-state index contributed by atoms with van der Waals surface area (Å²) in [7, 11) is 0. The molecule has 2 fully saturated rings. The Balaban J connectivity index is 1.73. The van der Waals surface area contributed by atoms with Crippen LogP contribution < -0.4 is 5.32 Å². The number of hydrogen-bond acceptors (Lipinski definition) is 2. The smallest absolute Gasteiger partial charge is 0.253 e. The van der Waals surface area contributed by atoms with E-state index in [1.54, 1.807) is 0 Å². The monoisotopic (exact) mass is 216 g/mol. The first-order chi connectivity index (χ1) is 7.84. The van der Waals surface area contributed by atoms with Gasteiger partial charge in [0.1, 0.15) is 0 Å². The Labute approximate surface area is 95.4 Å². The minimum Gasteiger partial charge on any atom is -0.338 e. The van der Waals surface area contributed by atoms with E-state index in [1.807, 2.05) is 35.2 Å². The van der Waals surface area contributed by atoms with Crippen LogP contribution in [0.15, 0.2) is 30.3 Å². The zero-order valence-corrected chi connectivity index (χ0v) is 9.23. The van der Waals surface area contributed by atoms with Crippen LogP contribution in [-0.2, 0) is 0 Å². The lowest BCUT2D eigenvalue weighted by Crippen LogP contribution is -2.31. The fraction of sp³-hybridized carbons (Fsp3) is 0.462. The molecule has 3 rings (SSSR count). The Bertz CT molecular complexity index is 378. The second kappa shape index (κ2) is 3.91. The molecular weight excluding hydrogens is 200 g/mol. The lowest BCUT2D eigenvalue weighted by molar-refractivity contribution is 0.0781. The van der Waals surface area contributed by atoms with E-state index >= 15 is 0 Å². The molecule has 16 heavy (non-hydrogen) atoms. The van der Waals surface area contributed by atoms with E-state index in [9.17, 15) is 4.79 Å². The van der Waals surface area contributed by atoms with Crippen LogP contribution in [0.1, 0.15) is 10.4 Å². The third kappa shape index (κ3) is 1.61. The highest BCUT2D eigenvalue weighted by atomic mass is 16.2. The summed E-state index contributed by atoms with van der Waals surface area (Å²) in [5, 5.41) is 3.39. The largest absolute Gasteiger partial charge is 0.338 e. The number of hydrogen-bond donors (Lipinski definition) is 1. The first kappa shape index (κ1) is 9.85. The van der Waals surface area contributed by atoms with Crippen LogP contribution in [0.5, 0.6) is 0 Å². The van der Waals surface area contributed by atoms with Crippen LogP contribution in [0.4, 0.5) is 0 Å². The van der Waals surface area contributed by atoms with Gasteiger partial charge in [-0.15, -0.1) is 0 Å². The number of nitrogens with one attached hydrogen (secondary N) is 1. The van der Waals surface area contributed by atoms with Crippen LogP contribution in [0.3, 0.4) is 0 Å². The van der Waals surface area contributed by atoms with Gasteiger partial charge in [-0.25, -0.2) is 0 Å². The molecule has 3 nitrogen and oxygen atoms in total. The summed E-state index contributed by atoms with van der Waals surface area (Å²) in [6, 6.07) is 9.58. The number of nitrogens with zero attached hydrogens (tertiary/aromatic N) is 1. The Morgan fingerprint density at radius 2 is 1.75 bits per heavy atom. The predicted octanol–water partition coefficient (Wildman–Crippen LogP) is 0.978. The van der Waals surface area contributed by atoms with Gasteiger partial charge < -0.3 is 10.2 Å². The molecule has 0 aromatic heterocycles. The summed E-state index contributed by atoms with van der Waals surface area (Å²) in [5.74, 6) is 1.54. The average Bonchev–Trinajstić information content (AvgIpc) is 2.89. The lowest BCUT2D eigenvalue weighted by Gasteiger charge is -2.17. The number of carbonyl (C=O) groups is 1. The lowest BCUT2D eigenvalue weighted by atomic mass is 10.0. The number of likely N-dealkylation sites (tertiary alicyclic amines) is 1. The van der Waals surface area contributed by atoms with Crippen LogP contribution in [-0.4, -0.2) is 37.0 Å². The van der Waals surface area contributed by atoms with Crippen molar-refractivity contribution in [1.82, 2.24) is 10.2 Å². The first-order valence-corrected chi connectivity index (χ1v) is 5.89. The van der Waals surface area contributed by atoms with E-state index in [4.69, 9.17) is 0 Å². The number of benzene rings is 1. The third-order valence-corrected chi connectivity index (χ3v) is 3.70. The summed E-state index contributed by atoms with van der Waals surface area (Å²) in [4.78, 5) is 14.2. The highest BCUT2D eigenvalue weighted by Gasteiger charge is 2.38.